The van der Waals surface area contributed by atoms with Gasteiger partial charge in [-0.05, 0) is 19.2 Å². The van der Waals surface area contributed by atoms with Crippen molar-refractivity contribution in [3.8, 4) is 0 Å². The zero-order valence-corrected chi connectivity index (χ0v) is 11.9. The summed E-state index contributed by atoms with van der Waals surface area (Å²) in [5.41, 5.74) is 0.896. The summed E-state index contributed by atoms with van der Waals surface area (Å²) in [6.07, 6.45) is -0.104. The number of Topliss-reactive ketones (excluding diaryl/α,β-unsaturated/α-hetero) is 1. The number of hydrogen-bond donors (Lipinski definition) is 0. The SMILES string of the molecule is CN1CCOC(CN2C(=O)C(=O)c3cccc(Cl)c32)C1. The number of likely N-dealkylation sites (N-methyl/N-ethyl adjacent to an activating group) is 1. The van der Waals surface area contributed by atoms with Gasteiger partial charge in [0.2, 0.25) is 0 Å². The van der Waals surface area contributed by atoms with Gasteiger partial charge in [0.1, 0.15) is 0 Å². The van der Waals surface area contributed by atoms with Crippen LogP contribution in [0.1, 0.15) is 10.4 Å². The average Bonchev–Trinajstić information content (AvgIpc) is 2.66. The van der Waals surface area contributed by atoms with Crippen LogP contribution >= 0.6 is 11.6 Å². The Bertz CT molecular complexity index is 576. The number of benzene rings is 1. The lowest BCUT2D eigenvalue weighted by Gasteiger charge is -2.32. The number of anilines is 1. The molecule has 1 unspecified atom stereocenters. The van der Waals surface area contributed by atoms with E-state index < -0.39 is 11.7 Å². The molecule has 0 aromatic heterocycles. The fraction of sp³-hybridized carbons (Fsp3) is 0.429. The first-order valence-electron chi connectivity index (χ1n) is 6.53. The van der Waals surface area contributed by atoms with Crippen LogP contribution in [0, 0.1) is 0 Å². The van der Waals surface area contributed by atoms with Crippen molar-refractivity contribution >= 4 is 29.0 Å². The molecule has 1 amide bonds. The Labute approximate surface area is 122 Å². The first-order valence-corrected chi connectivity index (χ1v) is 6.90. The Balaban J connectivity index is 1.87. The molecule has 1 saturated heterocycles. The van der Waals surface area contributed by atoms with Crippen LogP contribution < -0.4 is 4.90 Å². The Kier molecular flexibility index (Phi) is 3.50. The van der Waals surface area contributed by atoms with E-state index >= 15 is 0 Å². The van der Waals surface area contributed by atoms with Gasteiger partial charge in [-0.2, -0.15) is 0 Å². The van der Waals surface area contributed by atoms with E-state index in [1.807, 2.05) is 7.05 Å². The van der Waals surface area contributed by atoms with Gasteiger partial charge in [-0.1, -0.05) is 17.7 Å². The lowest BCUT2D eigenvalue weighted by Crippen LogP contribution is -2.47. The predicted molar refractivity (Wildman–Crippen MR) is 75.4 cm³/mol. The third kappa shape index (κ3) is 2.22. The van der Waals surface area contributed by atoms with E-state index in [0.717, 1.165) is 13.1 Å². The molecule has 0 bridgehead atoms. The molecule has 3 rings (SSSR count). The summed E-state index contributed by atoms with van der Waals surface area (Å²) in [6, 6.07) is 5.00. The van der Waals surface area contributed by atoms with Gasteiger partial charge in [-0.15, -0.1) is 0 Å². The van der Waals surface area contributed by atoms with Gasteiger partial charge in [-0.3, -0.25) is 9.59 Å². The molecule has 0 spiro atoms. The molecule has 1 aromatic rings. The van der Waals surface area contributed by atoms with E-state index in [-0.39, 0.29) is 6.10 Å². The molecule has 1 atom stereocenters. The lowest BCUT2D eigenvalue weighted by molar-refractivity contribution is -0.115. The topological polar surface area (TPSA) is 49.9 Å². The lowest BCUT2D eigenvalue weighted by atomic mass is 10.1. The zero-order chi connectivity index (χ0) is 14.3. The van der Waals surface area contributed by atoms with Crippen molar-refractivity contribution in [2.24, 2.45) is 0 Å². The third-order valence-corrected chi connectivity index (χ3v) is 3.97. The summed E-state index contributed by atoms with van der Waals surface area (Å²) in [7, 11) is 2.01. The Morgan fingerprint density at radius 2 is 2.20 bits per heavy atom. The van der Waals surface area contributed by atoms with Gasteiger partial charge in [0, 0.05) is 13.1 Å². The van der Waals surface area contributed by atoms with Crippen LogP contribution in [0.3, 0.4) is 0 Å². The van der Waals surface area contributed by atoms with E-state index in [2.05, 4.69) is 4.90 Å². The van der Waals surface area contributed by atoms with Crippen molar-refractivity contribution in [2.75, 3.05) is 38.2 Å². The normalized spacial score (nSPS) is 23.3. The highest BCUT2D eigenvalue weighted by molar-refractivity contribution is 6.54. The molecular formula is C14H15ClN2O3. The largest absolute Gasteiger partial charge is 0.374 e. The summed E-state index contributed by atoms with van der Waals surface area (Å²) < 4.78 is 5.66. The van der Waals surface area contributed by atoms with Gasteiger partial charge in [0.05, 0.1) is 35.5 Å². The number of ether oxygens (including phenoxy) is 1. The number of amides is 1. The molecule has 2 aliphatic rings. The predicted octanol–water partition coefficient (Wildman–Crippen LogP) is 1.20. The van der Waals surface area contributed by atoms with Crippen LogP contribution in [0.15, 0.2) is 18.2 Å². The number of nitrogens with zero attached hydrogens (tertiary/aromatic N) is 2. The molecule has 5 nitrogen and oxygen atoms in total. The first-order chi connectivity index (χ1) is 9.58. The highest BCUT2D eigenvalue weighted by Crippen LogP contribution is 2.35. The summed E-state index contributed by atoms with van der Waals surface area (Å²) in [5, 5.41) is 0.422. The second kappa shape index (κ2) is 5.16. The number of rotatable bonds is 2. The van der Waals surface area contributed by atoms with Gasteiger partial charge in [0.25, 0.3) is 11.7 Å². The summed E-state index contributed by atoms with van der Waals surface area (Å²) in [4.78, 5) is 27.7. The number of para-hydroxylation sites is 1. The van der Waals surface area contributed by atoms with Gasteiger partial charge < -0.3 is 14.5 Å². The van der Waals surface area contributed by atoms with E-state index in [1.165, 1.54) is 4.90 Å². The molecule has 20 heavy (non-hydrogen) atoms. The van der Waals surface area contributed by atoms with Crippen LogP contribution in [0.25, 0.3) is 0 Å². The van der Waals surface area contributed by atoms with Crippen LogP contribution in [-0.4, -0.2) is 56.0 Å². The molecule has 0 saturated carbocycles. The number of ketones is 1. The molecule has 1 aromatic carbocycles. The quantitative estimate of drug-likeness (QED) is 0.769. The minimum Gasteiger partial charge on any atom is -0.374 e. The van der Waals surface area contributed by atoms with Gasteiger partial charge in [0.15, 0.2) is 0 Å². The minimum absolute atomic E-state index is 0.104. The van der Waals surface area contributed by atoms with E-state index in [4.69, 9.17) is 16.3 Å². The summed E-state index contributed by atoms with van der Waals surface area (Å²) in [6.45, 7) is 2.59. The summed E-state index contributed by atoms with van der Waals surface area (Å²) >= 11 is 6.14. The average molecular weight is 295 g/mol. The number of fused-ring (bicyclic) bond motifs is 1. The molecule has 2 aliphatic heterocycles. The number of morpholine rings is 1. The molecule has 0 N–H and O–H groups in total. The van der Waals surface area contributed by atoms with Crippen LogP contribution in [0.4, 0.5) is 5.69 Å². The maximum atomic E-state index is 12.1. The second-order valence-electron chi connectivity index (χ2n) is 5.14. The van der Waals surface area contributed by atoms with Crippen molar-refractivity contribution < 1.29 is 14.3 Å². The zero-order valence-electron chi connectivity index (χ0n) is 11.1. The smallest absolute Gasteiger partial charge is 0.299 e. The fourth-order valence-electron chi connectivity index (χ4n) is 2.67. The Morgan fingerprint density at radius 3 is 2.95 bits per heavy atom. The monoisotopic (exact) mass is 294 g/mol. The van der Waals surface area contributed by atoms with Gasteiger partial charge in [-0.25, -0.2) is 0 Å². The maximum absolute atomic E-state index is 12.1. The number of halogens is 1. The highest BCUT2D eigenvalue weighted by atomic mass is 35.5. The van der Waals surface area contributed by atoms with Crippen molar-refractivity contribution in [3.63, 3.8) is 0 Å². The Morgan fingerprint density at radius 1 is 1.40 bits per heavy atom. The fourth-order valence-corrected chi connectivity index (χ4v) is 2.94. The van der Waals surface area contributed by atoms with Crippen LogP contribution in [-0.2, 0) is 9.53 Å². The van der Waals surface area contributed by atoms with Crippen molar-refractivity contribution in [1.82, 2.24) is 4.90 Å². The molecule has 6 heteroatoms. The van der Waals surface area contributed by atoms with Gasteiger partial charge >= 0.3 is 0 Å². The molecule has 0 aliphatic carbocycles. The number of hydrogen-bond acceptors (Lipinski definition) is 4. The summed E-state index contributed by atoms with van der Waals surface area (Å²) in [5.74, 6) is -1.02. The molecule has 2 heterocycles. The van der Waals surface area contributed by atoms with E-state index in [0.29, 0.717) is 29.4 Å². The Hall–Kier alpha value is -1.43. The maximum Gasteiger partial charge on any atom is 0.299 e. The van der Waals surface area contributed by atoms with E-state index in [9.17, 15) is 9.59 Å². The van der Waals surface area contributed by atoms with Crippen molar-refractivity contribution in [2.45, 2.75) is 6.10 Å². The molecule has 1 fully saturated rings. The third-order valence-electron chi connectivity index (χ3n) is 3.67. The standard InChI is InChI=1S/C14H15ClN2O3/c1-16-5-6-20-9(7-16)8-17-12-10(13(18)14(17)19)3-2-4-11(12)15/h2-4,9H,5-8H2,1H3. The van der Waals surface area contributed by atoms with Crippen molar-refractivity contribution in [3.05, 3.63) is 28.8 Å². The molecule has 106 valence electrons. The number of carbonyl (C=O) groups excluding carboxylic acids is 2. The molecule has 0 radical (unpaired) electrons. The highest BCUT2D eigenvalue weighted by Gasteiger charge is 2.38. The second-order valence-corrected chi connectivity index (χ2v) is 5.54. The molecular weight excluding hydrogens is 280 g/mol. The van der Waals surface area contributed by atoms with Crippen LogP contribution in [0.2, 0.25) is 5.02 Å². The van der Waals surface area contributed by atoms with E-state index in [1.54, 1.807) is 18.2 Å². The minimum atomic E-state index is -0.523. The van der Waals surface area contributed by atoms with Crippen LogP contribution in [0.5, 0.6) is 0 Å². The number of carbonyl (C=O) groups is 2. The first kappa shape index (κ1) is 13.5. The van der Waals surface area contributed by atoms with Crippen molar-refractivity contribution in [1.29, 1.82) is 0 Å².